The predicted octanol–water partition coefficient (Wildman–Crippen LogP) is 4.86. The SMILES string of the molecule is O=C(O)c1ccccc1C(c1ccccc1C(=O)O)(c1ccccc1C(=O)O)c1ccccc1C(=O)O. The fourth-order valence-corrected chi connectivity index (χ4v) is 4.86. The smallest absolute Gasteiger partial charge is 0.336 e. The molecule has 184 valence electrons. The van der Waals surface area contributed by atoms with Gasteiger partial charge in [-0.3, -0.25) is 0 Å². The van der Waals surface area contributed by atoms with Crippen molar-refractivity contribution >= 4 is 23.9 Å². The van der Waals surface area contributed by atoms with Crippen LogP contribution in [0.4, 0.5) is 0 Å². The summed E-state index contributed by atoms with van der Waals surface area (Å²) in [6.07, 6.45) is 0. The first-order chi connectivity index (χ1) is 17.7. The molecule has 0 spiro atoms. The first kappa shape index (κ1) is 24.9. The molecule has 0 atom stereocenters. The maximum atomic E-state index is 12.5. The molecular formula is C29H20O8. The molecular weight excluding hydrogens is 476 g/mol. The minimum atomic E-state index is -1.96. The third-order valence-corrected chi connectivity index (χ3v) is 6.25. The molecule has 8 heteroatoms. The lowest BCUT2D eigenvalue weighted by molar-refractivity contribution is 0.0686. The van der Waals surface area contributed by atoms with Crippen LogP contribution < -0.4 is 0 Å². The van der Waals surface area contributed by atoms with Crippen LogP contribution in [0.15, 0.2) is 97.1 Å². The second-order valence-electron chi connectivity index (χ2n) is 8.15. The molecule has 0 bridgehead atoms. The number of carboxylic acid groups (broad SMARTS) is 4. The zero-order valence-electron chi connectivity index (χ0n) is 19.2. The highest BCUT2D eigenvalue weighted by atomic mass is 16.4. The molecule has 4 N–H and O–H groups in total. The van der Waals surface area contributed by atoms with Gasteiger partial charge in [-0.25, -0.2) is 19.2 Å². The second kappa shape index (κ2) is 9.79. The van der Waals surface area contributed by atoms with Gasteiger partial charge in [-0.15, -0.1) is 0 Å². The van der Waals surface area contributed by atoms with E-state index < -0.39 is 29.3 Å². The van der Waals surface area contributed by atoms with Crippen molar-refractivity contribution in [1.82, 2.24) is 0 Å². The maximum absolute atomic E-state index is 12.5. The van der Waals surface area contributed by atoms with Crippen molar-refractivity contribution in [3.63, 3.8) is 0 Å². The average Bonchev–Trinajstić information content (AvgIpc) is 2.90. The standard InChI is InChI=1S/C29H20O8/c30-25(31)17-9-1-5-13-21(17)29(22-14-6-2-10-18(22)26(32)33,23-15-7-3-11-19(23)27(34)35)24-16-8-4-12-20(24)28(36)37/h1-16H,(H,30,31)(H,32,33)(H,34,35)(H,36,37). The molecule has 0 aromatic heterocycles. The summed E-state index contributed by atoms with van der Waals surface area (Å²) in [4.78, 5) is 49.9. The van der Waals surface area contributed by atoms with Crippen molar-refractivity contribution in [1.29, 1.82) is 0 Å². The Hall–Kier alpha value is -5.24. The van der Waals surface area contributed by atoms with Gasteiger partial charge in [0.25, 0.3) is 0 Å². The van der Waals surface area contributed by atoms with E-state index >= 15 is 0 Å². The van der Waals surface area contributed by atoms with E-state index in [1.807, 2.05) is 0 Å². The summed E-state index contributed by atoms with van der Waals surface area (Å²) in [5.41, 5.74) is -2.90. The van der Waals surface area contributed by atoms with Gasteiger partial charge in [0, 0.05) is 0 Å². The lowest BCUT2D eigenvalue weighted by Crippen LogP contribution is -2.37. The lowest BCUT2D eigenvalue weighted by atomic mass is 9.61. The summed E-state index contributed by atoms with van der Waals surface area (Å²) in [6.45, 7) is 0. The van der Waals surface area contributed by atoms with Gasteiger partial charge in [0.05, 0.1) is 27.7 Å². The summed E-state index contributed by atoms with van der Waals surface area (Å²) in [6, 6.07) is 23.1. The zero-order chi connectivity index (χ0) is 26.7. The summed E-state index contributed by atoms with van der Waals surface area (Å²) >= 11 is 0. The van der Waals surface area contributed by atoms with Gasteiger partial charge in [0.15, 0.2) is 0 Å². The highest BCUT2D eigenvalue weighted by Crippen LogP contribution is 2.49. The summed E-state index contributed by atoms with van der Waals surface area (Å²) in [7, 11) is 0. The Labute approximate surface area is 210 Å². The van der Waals surface area contributed by atoms with Crippen molar-refractivity contribution in [2.75, 3.05) is 0 Å². The molecule has 4 rings (SSSR count). The molecule has 0 amide bonds. The van der Waals surface area contributed by atoms with E-state index in [2.05, 4.69) is 0 Å². The zero-order valence-corrected chi connectivity index (χ0v) is 19.2. The number of rotatable bonds is 8. The van der Waals surface area contributed by atoms with E-state index in [0.29, 0.717) is 0 Å². The van der Waals surface area contributed by atoms with Gasteiger partial charge in [-0.1, -0.05) is 72.8 Å². The minimum absolute atomic E-state index is 0.0126. The van der Waals surface area contributed by atoms with Gasteiger partial charge in [0.1, 0.15) is 0 Å². The molecule has 0 saturated carbocycles. The number of hydrogen-bond donors (Lipinski definition) is 4. The van der Waals surface area contributed by atoms with Gasteiger partial charge in [-0.2, -0.15) is 0 Å². The monoisotopic (exact) mass is 496 g/mol. The lowest BCUT2D eigenvalue weighted by Gasteiger charge is -2.39. The van der Waals surface area contributed by atoms with Crippen molar-refractivity contribution in [2.24, 2.45) is 0 Å². The number of carbonyl (C=O) groups is 4. The third kappa shape index (κ3) is 4.10. The number of benzene rings is 4. The third-order valence-electron chi connectivity index (χ3n) is 6.25. The van der Waals surface area contributed by atoms with E-state index in [0.717, 1.165) is 0 Å². The Morgan fingerprint density at radius 3 is 0.757 bits per heavy atom. The summed E-state index contributed by atoms with van der Waals surface area (Å²) < 4.78 is 0. The first-order valence-corrected chi connectivity index (χ1v) is 11.0. The molecule has 0 heterocycles. The number of aromatic carboxylic acids is 4. The molecule has 8 nitrogen and oxygen atoms in total. The van der Waals surface area contributed by atoms with Gasteiger partial charge in [-0.05, 0) is 46.5 Å². The molecule has 37 heavy (non-hydrogen) atoms. The van der Waals surface area contributed by atoms with Crippen molar-refractivity contribution < 1.29 is 39.6 Å². The Balaban J connectivity index is 2.42. The van der Waals surface area contributed by atoms with Gasteiger partial charge in [0.2, 0.25) is 0 Å². The van der Waals surface area contributed by atoms with E-state index in [1.54, 1.807) is 0 Å². The van der Waals surface area contributed by atoms with Crippen molar-refractivity contribution in [3.8, 4) is 0 Å². The van der Waals surface area contributed by atoms with Crippen LogP contribution in [-0.4, -0.2) is 44.3 Å². The van der Waals surface area contributed by atoms with E-state index in [-0.39, 0.29) is 44.5 Å². The molecule has 0 fully saturated rings. The Morgan fingerprint density at radius 1 is 0.378 bits per heavy atom. The Bertz CT molecular complexity index is 1320. The molecule has 0 aliphatic rings. The number of carboxylic acids is 4. The highest BCUT2D eigenvalue weighted by Gasteiger charge is 2.46. The normalized spacial score (nSPS) is 11.0. The fraction of sp³-hybridized carbons (Fsp3) is 0.0345. The molecule has 0 unspecified atom stereocenters. The number of hydrogen-bond acceptors (Lipinski definition) is 4. The van der Waals surface area contributed by atoms with Gasteiger partial charge < -0.3 is 20.4 Å². The topological polar surface area (TPSA) is 149 Å². The van der Waals surface area contributed by atoms with Crippen LogP contribution in [0, 0.1) is 0 Å². The summed E-state index contributed by atoms with van der Waals surface area (Å²) in [5.74, 6) is -5.41. The van der Waals surface area contributed by atoms with E-state index in [4.69, 9.17) is 0 Å². The van der Waals surface area contributed by atoms with Crippen LogP contribution in [0.2, 0.25) is 0 Å². The molecule has 0 saturated heterocycles. The largest absolute Gasteiger partial charge is 0.478 e. The minimum Gasteiger partial charge on any atom is -0.478 e. The summed E-state index contributed by atoms with van der Waals surface area (Å²) in [5, 5.41) is 40.6. The molecule has 0 aliphatic heterocycles. The van der Waals surface area contributed by atoms with E-state index in [1.165, 1.54) is 97.1 Å². The molecule has 0 radical (unpaired) electrons. The molecule has 4 aromatic carbocycles. The Morgan fingerprint density at radius 2 is 0.568 bits per heavy atom. The predicted molar refractivity (Wildman–Crippen MR) is 133 cm³/mol. The van der Waals surface area contributed by atoms with Crippen molar-refractivity contribution in [2.45, 2.75) is 5.41 Å². The maximum Gasteiger partial charge on any atom is 0.336 e. The fourth-order valence-electron chi connectivity index (χ4n) is 4.86. The molecule has 0 aliphatic carbocycles. The second-order valence-corrected chi connectivity index (χ2v) is 8.15. The van der Waals surface area contributed by atoms with Crippen LogP contribution in [0.3, 0.4) is 0 Å². The van der Waals surface area contributed by atoms with E-state index in [9.17, 15) is 39.6 Å². The van der Waals surface area contributed by atoms with Gasteiger partial charge >= 0.3 is 23.9 Å². The quantitative estimate of drug-likeness (QED) is 0.253. The van der Waals surface area contributed by atoms with Crippen LogP contribution in [-0.2, 0) is 5.41 Å². The first-order valence-electron chi connectivity index (χ1n) is 11.0. The highest BCUT2D eigenvalue weighted by molar-refractivity contribution is 5.98. The van der Waals surface area contributed by atoms with Crippen LogP contribution >= 0.6 is 0 Å². The van der Waals surface area contributed by atoms with Crippen molar-refractivity contribution in [3.05, 3.63) is 142 Å². The van der Waals surface area contributed by atoms with Crippen LogP contribution in [0.1, 0.15) is 63.7 Å². The van der Waals surface area contributed by atoms with Crippen LogP contribution in [0.25, 0.3) is 0 Å². The average molecular weight is 496 g/mol. The Kier molecular flexibility index (Phi) is 6.58. The molecule has 4 aromatic rings. The van der Waals surface area contributed by atoms with Crippen LogP contribution in [0.5, 0.6) is 0 Å².